The van der Waals surface area contributed by atoms with Crippen molar-refractivity contribution in [3.8, 4) is 17.2 Å². The second-order valence-electron chi connectivity index (χ2n) is 6.26. The van der Waals surface area contributed by atoms with Gasteiger partial charge in [-0.25, -0.2) is 0 Å². The maximum Gasteiger partial charge on any atom is 0.203 e. The van der Waals surface area contributed by atoms with E-state index >= 15 is 0 Å². The Hall–Kier alpha value is -3.34. The quantitative estimate of drug-likeness (QED) is 0.717. The SMILES string of the molecule is C=C1Nc2c(ccc3ccccc23)C(c2cc(OC)c(OC)c(OC)c2)O1. The summed E-state index contributed by atoms with van der Waals surface area (Å²) in [6.07, 6.45) is -0.341. The van der Waals surface area contributed by atoms with E-state index in [2.05, 4.69) is 36.2 Å². The molecule has 1 aliphatic heterocycles. The number of hydrogen-bond acceptors (Lipinski definition) is 5. The second kappa shape index (κ2) is 6.76. The van der Waals surface area contributed by atoms with Gasteiger partial charge in [0.25, 0.3) is 0 Å². The van der Waals surface area contributed by atoms with Crippen LogP contribution in [0.5, 0.6) is 17.2 Å². The number of ether oxygens (including phenoxy) is 4. The highest BCUT2D eigenvalue weighted by molar-refractivity contribution is 5.96. The molecule has 3 aromatic carbocycles. The van der Waals surface area contributed by atoms with Crippen LogP contribution in [0.25, 0.3) is 10.8 Å². The molecule has 1 atom stereocenters. The number of nitrogens with one attached hydrogen (secondary N) is 1. The average Bonchev–Trinajstić information content (AvgIpc) is 2.71. The van der Waals surface area contributed by atoms with Crippen LogP contribution in [-0.2, 0) is 4.74 Å². The van der Waals surface area contributed by atoms with Gasteiger partial charge in [-0.1, -0.05) is 36.4 Å². The molecule has 138 valence electrons. The van der Waals surface area contributed by atoms with Crippen molar-refractivity contribution < 1.29 is 18.9 Å². The molecule has 1 aliphatic rings. The summed E-state index contributed by atoms with van der Waals surface area (Å²) in [7, 11) is 4.79. The van der Waals surface area contributed by atoms with Crippen LogP contribution in [0.2, 0.25) is 0 Å². The van der Waals surface area contributed by atoms with Crippen molar-refractivity contribution in [2.24, 2.45) is 0 Å². The fourth-order valence-corrected chi connectivity index (χ4v) is 3.52. The summed E-state index contributed by atoms with van der Waals surface area (Å²) in [6, 6.07) is 16.2. The first-order chi connectivity index (χ1) is 13.2. The van der Waals surface area contributed by atoms with Crippen molar-refractivity contribution in [2.45, 2.75) is 6.10 Å². The maximum atomic E-state index is 6.06. The largest absolute Gasteiger partial charge is 0.493 e. The van der Waals surface area contributed by atoms with Gasteiger partial charge in [0, 0.05) is 16.5 Å². The van der Waals surface area contributed by atoms with Crippen LogP contribution in [-0.4, -0.2) is 21.3 Å². The minimum atomic E-state index is -0.341. The molecule has 5 nitrogen and oxygen atoms in total. The smallest absolute Gasteiger partial charge is 0.203 e. The molecule has 1 heterocycles. The molecule has 0 aliphatic carbocycles. The summed E-state index contributed by atoms with van der Waals surface area (Å²) < 4.78 is 22.5. The first kappa shape index (κ1) is 17.1. The van der Waals surface area contributed by atoms with Gasteiger partial charge >= 0.3 is 0 Å². The molecule has 0 fully saturated rings. The number of anilines is 1. The second-order valence-corrected chi connectivity index (χ2v) is 6.26. The van der Waals surface area contributed by atoms with Crippen molar-refractivity contribution in [3.63, 3.8) is 0 Å². The monoisotopic (exact) mass is 363 g/mol. The summed E-state index contributed by atoms with van der Waals surface area (Å²) in [5.41, 5.74) is 2.92. The highest BCUT2D eigenvalue weighted by Gasteiger charge is 2.28. The van der Waals surface area contributed by atoms with Gasteiger partial charge < -0.3 is 24.3 Å². The Balaban J connectivity index is 1.91. The number of methoxy groups -OCH3 is 3. The minimum Gasteiger partial charge on any atom is -0.493 e. The van der Waals surface area contributed by atoms with Crippen molar-refractivity contribution in [3.05, 3.63) is 72.1 Å². The molecule has 4 rings (SSSR count). The van der Waals surface area contributed by atoms with Crippen LogP contribution in [0.4, 0.5) is 5.69 Å². The third-order valence-electron chi connectivity index (χ3n) is 4.76. The zero-order valence-electron chi connectivity index (χ0n) is 15.5. The lowest BCUT2D eigenvalue weighted by Gasteiger charge is -2.31. The lowest BCUT2D eigenvalue weighted by atomic mass is 9.94. The summed E-state index contributed by atoms with van der Waals surface area (Å²) >= 11 is 0. The lowest BCUT2D eigenvalue weighted by molar-refractivity contribution is 0.148. The number of fused-ring (bicyclic) bond motifs is 3. The Labute approximate surface area is 158 Å². The Morgan fingerprint density at radius 2 is 1.63 bits per heavy atom. The molecule has 0 saturated carbocycles. The fourth-order valence-electron chi connectivity index (χ4n) is 3.52. The molecule has 27 heavy (non-hydrogen) atoms. The standard InChI is InChI=1S/C22H21NO4/c1-13-23-20-16-8-6-5-7-14(16)9-10-17(20)21(27-13)15-11-18(24-2)22(26-4)19(12-15)25-3/h5-12,21,23H,1H2,2-4H3. The number of benzene rings is 3. The molecule has 1 unspecified atom stereocenters. The van der Waals surface area contributed by atoms with Crippen LogP contribution in [0, 0.1) is 0 Å². The molecular weight excluding hydrogens is 342 g/mol. The Bertz CT molecular complexity index is 1000. The minimum absolute atomic E-state index is 0.341. The van der Waals surface area contributed by atoms with E-state index in [9.17, 15) is 0 Å². The Morgan fingerprint density at radius 3 is 2.30 bits per heavy atom. The van der Waals surface area contributed by atoms with Gasteiger partial charge in [-0.2, -0.15) is 0 Å². The first-order valence-electron chi connectivity index (χ1n) is 8.60. The van der Waals surface area contributed by atoms with E-state index in [0.29, 0.717) is 23.1 Å². The van der Waals surface area contributed by atoms with Crippen molar-refractivity contribution in [1.82, 2.24) is 0 Å². The van der Waals surface area contributed by atoms with E-state index in [1.165, 1.54) is 0 Å². The van der Waals surface area contributed by atoms with Crippen LogP contribution in [0.1, 0.15) is 17.2 Å². The number of hydrogen-bond donors (Lipinski definition) is 1. The molecule has 0 saturated heterocycles. The van der Waals surface area contributed by atoms with E-state index in [-0.39, 0.29) is 6.10 Å². The van der Waals surface area contributed by atoms with Gasteiger partial charge in [-0.3, -0.25) is 0 Å². The topological polar surface area (TPSA) is 49.0 Å². The van der Waals surface area contributed by atoms with Gasteiger partial charge in [0.05, 0.1) is 27.0 Å². The van der Waals surface area contributed by atoms with E-state index < -0.39 is 0 Å². The van der Waals surface area contributed by atoms with E-state index in [1.807, 2.05) is 24.3 Å². The zero-order chi connectivity index (χ0) is 19.0. The molecule has 0 aromatic heterocycles. The molecule has 3 aromatic rings. The molecule has 5 heteroatoms. The highest BCUT2D eigenvalue weighted by Crippen LogP contribution is 2.46. The van der Waals surface area contributed by atoms with Crippen LogP contribution < -0.4 is 19.5 Å². The zero-order valence-corrected chi connectivity index (χ0v) is 15.5. The highest BCUT2D eigenvalue weighted by atomic mass is 16.5. The molecule has 0 spiro atoms. The van der Waals surface area contributed by atoms with E-state index in [1.54, 1.807) is 21.3 Å². The van der Waals surface area contributed by atoms with Gasteiger partial charge in [0.15, 0.2) is 23.5 Å². The van der Waals surface area contributed by atoms with E-state index in [0.717, 1.165) is 27.6 Å². The van der Waals surface area contributed by atoms with E-state index in [4.69, 9.17) is 18.9 Å². The van der Waals surface area contributed by atoms with Gasteiger partial charge in [0.1, 0.15) is 0 Å². The lowest BCUT2D eigenvalue weighted by Crippen LogP contribution is -2.18. The number of rotatable bonds is 4. The van der Waals surface area contributed by atoms with Gasteiger partial charge in [0.2, 0.25) is 5.75 Å². The predicted octanol–water partition coefficient (Wildman–Crippen LogP) is 4.87. The Morgan fingerprint density at radius 1 is 0.926 bits per heavy atom. The van der Waals surface area contributed by atoms with Crippen molar-refractivity contribution in [2.75, 3.05) is 26.6 Å². The van der Waals surface area contributed by atoms with Crippen molar-refractivity contribution in [1.29, 1.82) is 0 Å². The van der Waals surface area contributed by atoms with Crippen LogP contribution in [0.3, 0.4) is 0 Å². The third kappa shape index (κ3) is 2.81. The maximum absolute atomic E-state index is 6.06. The molecule has 0 amide bonds. The molecule has 0 bridgehead atoms. The summed E-state index contributed by atoms with van der Waals surface area (Å²) in [5.74, 6) is 2.22. The predicted molar refractivity (Wildman–Crippen MR) is 106 cm³/mol. The molecule has 1 N–H and O–H groups in total. The average molecular weight is 363 g/mol. The van der Waals surface area contributed by atoms with Gasteiger partial charge in [-0.05, 0) is 24.1 Å². The molecule has 0 radical (unpaired) electrons. The van der Waals surface area contributed by atoms with Crippen molar-refractivity contribution >= 4 is 16.5 Å². The molecular formula is C22H21NO4. The summed E-state index contributed by atoms with van der Waals surface area (Å²) in [5, 5.41) is 5.56. The van der Waals surface area contributed by atoms with Crippen LogP contribution in [0.15, 0.2) is 61.0 Å². The van der Waals surface area contributed by atoms with Crippen LogP contribution >= 0.6 is 0 Å². The summed E-state index contributed by atoms with van der Waals surface area (Å²) in [4.78, 5) is 0. The first-order valence-corrected chi connectivity index (χ1v) is 8.60. The fraction of sp³-hybridized carbons (Fsp3) is 0.182. The Kier molecular flexibility index (Phi) is 4.28. The van der Waals surface area contributed by atoms with Gasteiger partial charge in [-0.15, -0.1) is 0 Å². The summed E-state index contributed by atoms with van der Waals surface area (Å²) in [6.45, 7) is 3.99. The third-order valence-corrected chi connectivity index (χ3v) is 4.76. The normalized spacial score (nSPS) is 15.5.